The van der Waals surface area contributed by atoms with Crippen LogP contribution in [0, 0.1) is 0 Å². The maximum Gasteiger partial charge on any atom is 0.283 e. The Kier molecular flexibility index (Phi) is 1.45. The molecule has 11 heavy (non-hydrogen) atoms. The molecule has 0 aliphatic rings. The Morgan fingerprint density at radius 2 is 2.45 bits per heavy atom. The van der Waals surface area contributed by atoms with Crippen LogP contribution in [0.5, 0.6) is 5.88 Å². The van der Waals surface area contributed by atoms with E-state index in [4.69, 9.17) is 5.26 Å². The SMILES string of the molecule is OOc1nncc2sccc12. The van der Waals surface area contributed by atoms with Crippen LogP contribution in [-0.2, 0) is 0 Å². The van der Waals surface area contributed by atoms with Gasteiger partial charge in [0.25, 0.3) is 5.88 Å². The number of hydrogen-bond acceptors (Lipinski definition) is 5. The first-order chi connectivity index (χ1) is 5.42. The van der Waals surface area contributed by atoms with Gasteiger partial charge >= 0.3 is 0 Å². The first-order valence-electron chi connectivity index (χ1n) is 2.92. The van der Waals surface area contributed by atoms with Crippen molar-refractivity contribution in [2.24, 2.45) is 0 Å². The fourth-order valence-electron chi connectivity index (χ4n) is 0.853. The molecule has 0 radical (unpaired) electrons. The van der Waals surface area contributed by atoms with Gasteiger partial charge in [0.2, 0.25) is 0 Å². The van der Waals surface area contributed by atoms with Gasteiger partial charge in [0.15, 0.2) is 0 Å². The van der Waals surface area contributed by atoms with E-state index in [1.807, 2.05) is 11.4 Å². The Bertz CT molecular complexity index is 373. The molecule has 0 fully saturated rings. The summed E-state index contributed by atoms with van der Waals surface area (Å²) in [6.07, 6.45) is 1.63. The summed E-state index contributed by atoms with van der Waals surface area (Å²) in [7, 11) is 0. The number of thiophene rings is 1. The maximum atomic E-state index is 8.36. The molecule has 1 N–H and O–H groups in total. The lowest BCUT2D eigenvalue weighted by atomic mass is 10.4. The molecule has 0 aromatic carbocycles. The second-order valence-corrected chi connectivity index (χ2v) is 2.89. The van der Waals surface area contributed by atoms with Crippen LogP contribution in [0.2, 0.25) is 0 Å². The Hall–Kier alpha value is -1.20. The summed E-state index contributed by atoms with van der Waals surface area (Å²) < 4.78 is 0.948. The highest BCUT2D eigenvalue weighted by Gasteiger charge is 2.03. The highest BCUT2D eigenvalue weighted by Crippen LogP contribution is 2.25. The van der Waals surface area contributed by atoms with Gasteiger partial charge in [-0.25, -0.2) is 5.26 Å². The van der Waals surface area contributed by atoms with Crippen LogP contribution < -0.4 is 4.89 Å². The van der Waals surface area contributed by atoms with Crippen LogP contribution >= 0.6 is 11.3 Å². The Morgan fingerprint density at radius 3 is 3.27 bits per heavy atom. The highest BCUT2D eigenvalue weighted by atomic mass is 32.1. The van der Waals surface area contributed by atoms with Crippen molar-refractivity contribution in [1.29, 1.82) is 0 Å². The van der Waals surface area contributed by atoms with Gasteiger partial charge in [-0.05, 0) is 11.4 Å². The molecule has 0 amide bonds. The van der Waals surface area contributed by atoms with Gasteiger partial charge < -0.3 is 4.89 Å². The molecule has 56 valence electrons. The molecule has 4 nitrogen and oxygen atoms in total. The van der Waals surface area contributed by atoms with Crippen molar-refractivity contribution in [3.05, 3.63) is 17.6 Å². The van der Waals surface area contributed by atoms with Crippen molar-refractivity contribution < 1.29 is 10.1 Å². The maximum absolute atomic E-state index is 8.36. The van der Waals surface area contributed by atoms with E-state index in [9.17, 15) is 0 Å². The first kappa shape index (κ1) is 6.51. The first-order valence-corrected chi connectivity index (χ1v) is 3.80. The summed E-state index contributed by atoms with van der Waals surface area (Å²) in [5.41, 5.74) is 0. The Labute approximate surface area is 66.0 Å². The zero-order valence-corrected chi connectivity index (χ0v) is 6.21. The summed E-state index contributed by atoms with van der Waals surface area (Å²) in [5, 5.41) is 18.2. The van der Waals surface area contributed by atoms with Crippen molar-refractivity contribution in [3.8, 4) is 5.88 Å². The second kappa shape index (κ2) is 2.44. The number of hydrogen-bond donors (Lipinski definition) is 1. The highest BCUT2D eigenvalue weighted by molar-refractivity contribution is 7.17. The van der Waals surface area contributed by atoms with E-state index in [-0.39, 0.29) is 5.88 Å². The standard InChI is InChI=1S/C6H4N2O2S/c9-10-6-4-1-2-11-5(4)3-7-8-6/h1-3,9H. The van der Waals surface area contributed by atoms with E-state index in [1.54, 1.807) is 6.20 Å². The van der Waals surface area contributed by atoms with Crippen LogP contribution in [0.1, 0.15) is 0 Å². The third-order valence-corrected chi connectivity index (χ3v) is 2.19. The van der Waals surface area contributed by atoms with E-state index in [2.05, 4.69) is 15.1 Å². The number of fused-ring (bicyclic) bond motifs is 1. The van der Waals surface area contributed by atoms with Crippen LogP contribution in [-0.4, -0.2) is 15.5 Å². The topological polar surface area (TPSA) is 55.2 Å². The largest absolute Gasteiger partial charge is 0.317 e. The molecule has 2 aromatic heterocycles. The monoisotopic (exact) mass is 168 g/mol. The lowest BCUT2D eigenvalue weighted by molar-refractivity contribution is -0.140. The minimum absolute atomic E-state index is 0.156. The molecule has 2 heterocycles. The van der Waals surface area contributed by atoms with Gasteiger partial charge in [-0.15, -0.1) is 16.4 Å². The lowest BCUT2D eigenvalue weighted by Crippen LogP contribution is -1.89. The van der Waals surface area contributed by atoms with Crippen LogP contribution in [0.25, 0.3) is 10.1 Å². The van der Waals surface area contributed by atoms with E-state index in [0.29, 0.717) is 0 Å². The van der Waals surface area contributed by atoms with Crippen molar-refractivity contribution in [2.75, 3.05) is 0 Å². The van der Waals surface area contributed by atoms with E-state index < -0.39 is 0 Å². The predicted octanol–water partition coefficient (Wildman–Crippen LogP) is 1.54. The van der Waals surface area contributed by atoms with Crippen molar-refractivity contribution in [1.82, 2.24) is 10.2 Å². The predicted molar refractivity (Wildman–Crippen MR) is 40.7 cm³/mol. The molecule has 0 atom stereocenters. The van der Waals surface area contributed by atoms with Crippen LogP contribution in [0.15, 0.2) is 17.6 Å². The third kappa shape index (κ3) is 0.941. The normalized spacial score (nSPS) is 10.3. The van der Waals surface area contributed by atoms with Gasteiger partial charge in [-0.3, -0.25) is 0 Å². The summed E-state index contributed by atoms with van der Waals surface area (Å²) in [6.45, 7) is 0. The molecular weight excluding hydrogens is 164 g/mol. The van der Waals surface area contributed by atoms with Crippen LogP contribution in [0.4, 0.5) is 0 Å². The minimum atomic E-state index is 0.156. The summed E-state index contributed by atoms with van der Waals surface area (Å²) in [6, 6.07) is 1.82. The Morgan fingerprint density at radius 1 is 1.55 bits per heavy atom. The molecule has 0 bridgehead atoms. The lowest BCUT2D eigenvalue weighted by Gasteiger charge is -1.93. The smallest absolute Gasteiger partial charge is 0.283 e. The zero-order chi connectivity index (χ0) is 7.68. The van der Waals surface area contributed by atoms with Gasteiger partial charge in [0, 0.05) is 0 Å². The number of nitrogens with zero attached hydrogens (tertiary/aromatic N) is 2. The quantitative estimate of drug-likeness (QED) is 0.518. The summed E-state index contributed by atoms with van der Waals surface area (Å²) in [5.74, 6) is 0.156. The van der Waals surface area contributed by atoms with Gasteiger partial charge in [0.05, 0.1) is 16.3 Å². The van der Waals surface area contributed by atoms with Crippen molar-refractivity contribution >= 4 is 21.4 Å². The molecule has 5 heteroatoms. The average molecular weight is 168 g/mol. The van der Waals surface area contributed by atoms with Crippen molar-refractivity contribution in [3.63, 3.8) is 0 Å². The summed E-state index contributed by atoms with van der Waals surface area (Å²) in [4.78, 5) is 4.02. The van der Waals surface area contributed by atoms with E-state index in [0.717, 1.165) is 10.1 Å². The molecule has 0 spiro atoms. The fourth-order valence-corrected chi connectivity index (χ4v) is 1.59. The molecule has 0 saturated carbocycles. The number of rotatable bonds is 1. The summed E-state index contributed by atoms with van der Waals surface area (Å²) >= 11 is 1.52. The van der Waals surface area contributed by atoms with E-state index >= 15 is 0 Å². The van der Waals surface area contributed by atoms with Crippen LogP contribution in [0.3, 0.4) is 0 Å². The van der Waals surface area contributed by atoms with Gasteiger partial charge in [-0.1, -0.05) is 0 Å². The second-order valence-electron chi connectivity index (χ2n) is 1.94. The molecular formula is C6H4N2O2S. The van der Waals surface area contributed by atoms with Crippen molar-refractivity contribution in [2.45, 2.75) is 0 Å². The molecule has 2 aromatic rings. The molecule has 0 aliphatic heterocycles. The average Bonchev–Trinajstić information content (AvgIpc) is 2.50. The minimum Gasteiger partial charge on any atom is -0.317 e. The third-order valence-electron chi connectivity index (χ3n) is 1.34. The van der Waals surface area contributed by atoms with Gasteiger partial charge in [0.1, 0.15) is 0 Å². The fraction of sp³-hybridized carbons (Fsp3) is 0. The Balaban J connectivity index is 2.79. The molecule has 0 unspecified atom stereocenters. The van der Waals surface area contributed by atoms with E-state index in [1.165, 1.54) is 11.3 Å². The zero-order valence-electron chi connectivity index (χ0n) is 5.39. The molecule has 0 aliphatic carbocycles. The van der Waals surface area contributed by atoms with Gasteiger partial charge in [-0.2, -0.15) is 5.10 Å². The molecule has 0 saturated heterocycles. The number of aromatic nitrogens is 2. The molecule has 2 rings (SSSR count).